The molecule has 6 heteroatoms. The van der Waals surface area contributed by atoms with Gasteiger partial charge in [0.25, 0.3) is 0 Å². The van der Waals surface area contributed by atoms with E-state index >= 15 is 0 Å². The van der Waals surface area contributed by atoms with E-state index in [1.165, 1.54) is 0 Å². The van der Waals surface area contributed by atoms with E-state index in [2.05, 4.69) is 115 Å². The Balaban J connectivity index is 1.99. The third-order valence-corrected chi connectivity index (χ3v) is 19.9. The molecule has 0 radical (unpaired) electrons. The third-order valence-electron chi connectivity index (χ3n) is 9.08. The van der Waals surface area contributed by atoms with Crippen LogP contribution in [0.1, 0.15) is 52.7 Å². The predicted molar refractivity (Wildman–Crippen MR) is 180 cm³/mol. The summed E-state index contributed by atoms with van der Waals surface area (Å²) in [6.45, 7) is 22.8. The fraction of sp³-hybridized carbons (Fsp3) is 0.353. The minimum atomic E-state index is -1.94. The highest BCUT2D eigenvalue weighted by Gasteiger charge is 2.34. The van der Waals surface area contributed by atoms with Crippen molar-refractivity contribution < 1.29 is 8.78 Å². The van der Waals surface area contributed by atoms with Crippen LogP contribution in [-0.4, -0.2) is 16.1 Å². The lowest BCUT2D eigenvalue weighted by Crippen LogP contribution is -2.35. The fourth-order valence-corrected chi connectivity index (χ4v) is 7.55. The van der Waals surface area contributed by atoms with Crippen LogP contribution < -0.4 is 0 Å². The van der Waals surface area contributed by atoms with Gasteiger partial charge in [0, 0.05) is 31.3 Å². The first-order valence-corrected chi connectivity index (χ1v) is 21.3. The van der Waals surface area contributed by atoms with Crippen LogP contribution in [0.25, 0.3) is 41.7 Å². The van der Waals surface area contributed by atoms with Gasteiger partial charge < -0.3 is 0 Å². The average Bonchev–Trinajstić information content (AvgIpc) is 3.36. The zero-order chi connectivity index (χ0) is 29.4. The van der Waals surface area contributed by atoms with Crippen molar-refractivity contribution in [2.24, 2.45) is 0 Å². The second kappa shape index (κ2) is 9.53. The van der Waals surface area contributed by atoms with Gasteiger partial charge in [0.15, 0.2) is 10.3 Å². The average molecular weight is 603 g/mol. The number of benzene rings is 3. The van der Waals surface area contributed by atoms with Crippen LogP contribution >= 0.6 is 22.7 Å². The summed E-state index contributed by atoms with van der Waals surface area (Å²) in [5.41, 5.74) is 9.29. The molecule has 0 N–H and O–H groups in total. The summed E-state index contributed by atoms with van der Waals surface area (Å²) in [5, 5.41) is 5.50. The minimum Gasteiger partial charge on any atom is -0.195 e. The monoisotopic (exact) mass is 602 g/mol. The topological polar surface area (TPSA) is 0 Å². The van der Waals surface area contributed by atoms with E-state index in [0.717, 1.165) is 75.5 Å². The highest BCUT2D eigenvalue weighted by Crippen LogP contribution is 2.41. The summed E-state index contributed by atoms with van der Waals surface area (Å²) in [5.74, 6) is 7.27. The van der Waals surface area contributed by atoms with Gasteiger partial charge in [-0.3, -0.25) is 0 Å². The SMILES string of the molecule is CC(C)(C)[Si](C)(C)C#Cc1c2cc3cc(F)sc3cc2c(C#C[Si](C)(C)C(C)(C)C)c2cc3cc(F)sc3cc12. The second-order valence-electron chi connectivity index (χ2n) is 14.0. The van der Waals surface area contributed by atoms with E-state index in [4.69, 9.17) is 0 Å². The van der Waals surface area contributed by atoms with Crippen LogP contribution in [0, 0.1) is 33.2 Å². The van der Waals surface area contributed by atoms with Gasteiger partial charge >= 0.3 is 0 Å². The van der Waals surface area contributed by atoms with E-state index in [-0.39, 0.29) is 20.3 Å². The molecular formula is C34H36F2S2Si2. The van der Waals surface area contributed by atoms with E-state index in [9.17, 15) is 8.78 Å². The molecule has 2 heterocycles. The molecule has 0 spiro atoms. The molecule has 0 aliphatic carbocycles. The van der Waals surface area contributed by atoms with Crippen LogP contribution in [0.2, 0.25) is 36.3 Å². The van der Waals surface area contributed by atoms with Crippen molar-refractivity contribution in [2.75, 3.05) is 0 Å². The Morgan fingerprint density at radius 1 is 0.550 bits per heavy atom. The molecule has 0 bridgehead atoms. The van der Waals surface area contributed by atoms with Gasteiger partial charge in [0.05, 0.1) is 0 Å². The second-order valence-corrected chi connectivity index (χ2v) is 26.0. The summed E-state index contributed by atoms with van der Waals surface area (Å²) in [6, 6.07) is 11.5. The largest absolute Gasteiger partial charge is 0.195 e. The van der Waals surface area contributed by atoms with Crippen LogP contribution in [0.3, 0.4) is 0 Å². The standard InChI is InChI=1S/C34H36F2S2Si2/c1-33(2,3)39(7,8)13-11-23-25-15-21-17-31(35)38-30(21)20-28(25)24(12-14-40(9,10)34(4,5)6)26-16-22-18-32(36)37-29(22)19-27(23)26/h15-20H,1-10H3. The lowest BCUT2D eigenvalue weighted by molar-refractivity contribution is 0.658. The van der Waals surface area contributed by atoms with Crippen LogP contribution in [0.4, 0.5) is 8.78 Å². The van der Waals surface area contributed by atoms with Crippen LogP contribution in [0.5, 0.6) is 0 Å². The smallest absolute Gasteiger partial charge is 0.177 e. The quantitative estimate of drug-likeness (QED) is 0.0939. The normalized spacial score (nSPS) is 13.1. The van der Waals surface area contributed by atoms with Crippen molar-refractivity contribution in [3.63, 3.8) is 0 Å². The highest BCUT2D eigenvalue weighted by molar-refractivity contribution is 7.18. The molecule has 5 rings (SSSR count). The summed E-state index contributed by atoms with van der Waals surface area (Å²) in [4.78, 5) is 0. The van der Waals surface area contributed by atoms with Gasteiger partial charge in [-0.05, 0) is 68.0 Å². The van der Waals surface area contributed by atoms with Gasteiger partial charge in [0.1, 0.15) is 16.1 Å². The van der Waals surface area contributed by atoms with E-state index in [1.807, 2.05) is 0 Å². The molecule has 0 aliphatic rings. The maximum Gasteiger partial charge on any atom is 0.177 e. The van der Waals surface area contributed by atoms with Crippen molar-refractivity contribution in [3.8, 4) is 22.9 Å². The van der Waals surface area contributed by atoms with Gasteiger partial charge in [-0.25, -0.2) is 0 Å². The predicted octanol–water partition coefficient (Wildman–Crippen LogP) is 11.5. The molecule has 0 nitrogen and oxygen atoms in total. The Bertz CT molecular complexity index is 1720. The molecule has 0 atom stereocenters. The molecular weight excluding hydrogens is 567 g/mol. The van der Waals surface area contributed by atoms with Gasteiger partial charge in [-0.15, -0.1) is 33.8 Å². The molecule has 5 aromatic rings. The molecule has 0 saturated heterocycles. The molecule has 40 heavy (non-hydrogen) atoms. The summed E-state index contributed by atoms with van der Waals surface area (Å²) in [7, 11) is -3.87. The third kappa shape index (κ3) is 5.05. The van der Waals surface area contributed by atoms with Crippen LogP contribution in [-0.2, 0) is 0 Å². The van der Waals surface area contributed by atoms with E-state index in [0.29, 0.717) is 0 Å². The minimum absolute atomic E-state index is 0.105. The molecule has 2 aromatic heterocycles. The molecule has 206 valence electrons. The first kappa shape index (κ1) is 29.0. The Hall–Kier alpha value is -2.49. The van der Waals surface area contributed by atoms with Gasteiger partial charge in [-0.1, -0.05) is 79.6 Å². The number of hydrogen-bond donors (Lipinski definition) is 0. The van der Waals surface area contributed by atoms with Crippen molar-refractivity contribution in [3.05, 3.63) is 57.8 Å². The summed E-state index contributed by atoms with van der Waals surface area (Å²) < 4.78 is 30.7. The summed E-state index contributed by atoms with van der Waals surface area (Å²) >= 11 is 2.32. The van der Waals surface area contributed by atoms with E-state index < -0.39 is 16.1 Å². The van der Waals surface area contributed by atoms with Gasteiger partial charge in [0.2, 0.25) is 0 Å². The Labute approximate surface area is 246 Å². The Kier molecular flexibility index (Phi) is 6.91. The molecule has 0 aliphatic heterocycles. The van der Waals surface area contributed by atoms with E-state index in [1.54, 1.807) is 12.1 Å². The van der Waals surface area contributed by atoms with Crippen molar-refractivity contribution in [2.45, 2.75) is 77.8 Å². The lowest BCUT2D eigenvalue weighted by Gasteiger charge is -2.31. The lowest BCUT2D eigenvalue weighted by atomic mass is 9.91. The maximum absolute atomic E-state index is 14.4. The zero-order valence-electron chi connectivity index (χ0n) is 25.0. The molecule has 3 aromatic carbocycles. The number of rotatable bonds is 0. The first-order chi connectivity index (χ1) is 18.4. The summed E-state index contributed by atoms with van der Waals surface area (Å²) in [6.07, 6.45) is 0. The number of fused-ring (bicyclic) bond motifs is 4. The zero-order valence-corrected chi connectivity index (χ0v) is 28.7. The van der Waals surface area contributed by atoms with Crippen molar-refractivity contribution in [1.29, 1.82) is 0 Å². The fourth-order valence-electron chi connectivity index (χ4n) is 4.31. The molecule has 0 unspecified atom stereocenters. The molecule has 0 saturated carbocycles. The highest BCUT2D eigenvalue weighted by atomic mass is 32.1. The number of hydrogen-bond acceptors (Lipinski definition) is 2. The van der Waals surface area contributed by atoms with Crippen molar-refractivity contribution in [1.82, 2.24) is 0 Å². The van der Waals surface area contributed by atoms with Crippen molar-refractivity contribution >= 4 is 80.5 Å². The molecule has 0 amide bonds. The number of thiophene rings is 2. The Morgan fingerprint density at radius 2 is 0.875 bits per heavy atom. The first-order valence-electron chi connectivity index (χ1n) is 13.7. The Morgan fingerprint density at radius 3 is 1.20 bits per heavy atom. The number of halogens is 2. The van der Waals surface area contributed by atoms with Gasteiger partial charge in [-0.2, -0.15) is 8.78 Å². The molecule has 0 fully saturated rings. The maximum atomic E-state index is 14.4. The van der Waals surface area contributed by atoms with Crippen LogP contribution in [0.15, 0.2) is 36.4 Å².